The largest absolute Gasteiger partial charge is 0.274 e. The second kappa shape index (κ2) is 5.41. The molecule has 29 heavy (non-hydrogen) atoms. The minimum Gasteiger partial charge on any atom is -0.274 e. The molecule has 7 rings (SSSR count). The summed E-state index contributed by atoms with van der Waals surface area (Å²) in [7, 11) is 0. The van der Waals surface area contributed by atoms with Gasteiger partial charge < -0.3 is 0 Å². The molecule has 0 spiro atoms. The summed E-state index contributed by atoms with van der Waals surface area (Å²) in [6, 6.07) is 22.0. The third-order valence-electron chi connectivity index (χ3n) is 7.11. The normalized spacial score (nSPS) is 28.9. The number of rotatable bonds is 1. The molecule has 3 aliphatic carbocycles. The molecule has 1 aliphatic heterocycles. The minimum atomic E-state index is -0.596. The summed E-state index contributed by atoms with van der Waals surface area (Å²) in [6.45, 7) is 2.08. The molecule has 3 aromatic carbocycles. The number of carbonyl (C=O) groups is 2. The quantitative estimate of drug-likeness (QED) is 0.584. The number of halogens is 1. The average Bonchev–Trinajstić information content (AvgIpc) is 3.00. The van der Waals surface area contributed by atoms with E-state index in [9.17, 15) is 14.0 Å². The van der Waals surface area contributed by atoms with Crippen LogP contribution in [-0.4, -0.2) is 11.8 Å². The molecule has 1 saturated heterocycles. The van der Waals surface area contributed by atoms with E-state index in [-0.39, 0.29) is 17.7 Å². The number of hydrogen-bond acceptors (Lipinski definition) is 2. The first kappa shape index (κ1) is 16.7. The van der Waals surface area contributed by atoms with Crippen molar-refractivity contribution in [3.63, 3.8) is 0 Å². The Balaban J connectivity index is 1.63. The number of nitrogens with zero attached hydrogens (tertiary/aromatic N) is 1. The lowest BCUT2D eigenvalue weighted by Gasteiger charge is -2.52. The Morgan fingerprint density at radius 1 is 0.828 bits per heavy atom. The Bertz CT molecular complexity index is 1170. The summed E-state index contributed by atoms with van der Waals surface area (Å²) in [4.78, 5) is 28.5. The Morgan fingerprint density at radius 3 is 2.07 bits per heavy atom. The molecule has 0 saturated carbocycles. The van der Waals surface area contributed by atoms with E-state index in [2.05, 4.69) is 31.2 Å². The zero-order chi connectivity index (χ0) is 19.9. The van der Waals surface area contributed by atoms with Crippen LogP contribution in [0.1, 0.15) is 35.1 Å². The maximum Gasteiger partial charge on any atom is 0.238 e. The van der Waals surface area contributed by atoms with Crippen molar-refractivity contribution in [2.24, 2.45) is 11.8 Å². The molecule has 3 aromatic rings. The van der Waals surface area contributed by atoms with E-state index >= 15 is 0 Å². The van der Waals surface area contributed by atoms with Crippen molar-refractivity contribution in [2.75, 3.05) is 4.90 Å². The number of benzene rings is 3. The van der Waals surface area contributed by atoms with Gasteiger partial charge in [-0.3, -0.25) is 9.59 Å². The Morgan fingerprint density at radius 2 is 1.45 bits per heavy atom. The third kappa shape index (κ3) is 1.87. The topological polar surface area (TPSA) is 37.4 Å². The van der Waals surface area contributed by atoms with Gasteiger partial charge in [-0.05, 0) is 40.5 Å². The number of carbonyl (C=O) groups excluding carboxylic acids is 2. The lowest BCUT2D eigenvalue weighted by molar-refractivity contribution is -0.123. The fraction of sp³-hybridized carbons (Fsp3) is 0.200. The maximum atomic E-state index is 13.9. The average molecular weight is 383 g/mol. The van der Waals surface area contributed by atoms with Crippen molar-refractivity contribution in [1.29, 1.82) is 0 Å². The molecular formula is C25H18FNO2. The van der Waals surface area contributed by atoms with E-state index in [1.165, 1.54) is 23.1 Å². The van der Waals surface area contributed by atoms with Crippen molar-refractivity contribution in [3.8, 4) is 0 Å². The standard InChI is InChI=1S/C25H18FNO2/c1-25-18-11-4-2-9-16(18)20(17-10-3-5-12-19(17)25)21-22(25)24(29)27(23(21)28)15-8-6-7-14(26)13-15/h2-13,20-22H,1H3. The first-order valence-corrected chi connectivity index (χ1v) is 9.85. The van der Waals surface area contributed by atoms with Crippen LogP contribution in [0.5, 0.6) is 0 Å². The van der Waals surface area contributed by atoms with E-state index in [0.717, 1.165) is 22.3 Å². The van der Waals surface area contributed by atoms with Crippen molar-refractivity contribution >= 4 is 17.5 Å². The number of imide groups is 1. The highest BCUT2D eigenvalue weighted by Crippen LogP contribution is 2.64. The first-order valence-electron chi connectivity index (χ1n) is 9.85. The molecule has 142 valence electrons. The fourth-order valence-corrected chi connectivity index (χ4v) is 6.02. The molecule has 3 nitrogen and oxygen atoms in total. The van der Waals surface area contributed by atoms with Crippen LogP contribution in [0.15, 0.2) is 72.8 Å². The fourth-order valence-electron chi connectivity index (χ4n) is 6.02. The van der Waals surface area contributed by atoms with E-state index < -0.39 is 23.1 Å². The summed E-state index contributed by atoms with van der Waals surface area (Å²) >= 11 is 0. The smallest absolute Gasteiger partial charge is 0.238 e. The lowest BCUT2D eigenvalue weighted by atomic mass is 9.48. The number of anilines is 1. The second-order valence-corrected chi connectivity index (χ2v) is 8.35. The van der Waals surface area contributed by atoms with Crippen LogP contribution >= 0.6 is 0 Å². The van der Waals surface area contributed by atoms with Crippen LogP contribution in [0.4, 0.5) is 10.1 Å². The van der Waals surface area contributed by atoms with E-state index in [4.69, 9.17) is 0 Å². The molecule has 1 heterocycles. The molecule has 0 radical (unpaired) electrons. The van der Waals surface area contributed by atoms with Gasteiger partial charge in [0.05, 0.1) is 17.5 Å². The Labute approximate surface area is 167 Å². The summed E-state index contributed by atoms with van der Waals surface area (Å²) < 4.78 is 13.9. The summed E-state index contributed by atoms with van der Waals surface area (Å²) in [6.07, 6.45) is 0. The summed E-state index contributed by atoms with van der Waals surface area (Å²) in [5.41, 5.74) is 4.20. The van der Waals surface area contributed by atoms with Gasteiger partial charge in [-0.15, -0.1) is 0 Å². The van der Waals surface area contributed by atoms with Gasteiger partial charge in [0.25, 0.3) is 0 Å². The summed E-state index contributed by atoms with van der Waals surface area (Å²) in [5.74, 6) is -2.05. The molecule has 4 heteroatoms. The van der Waals surface area contributed by atoms with Crippen LogP contribution < -0.4 is 4.90 Å². The van der Waals surface area contributed by atoms with Gasteiger partial charge >= 0.3 is 0 Å². The molecule has 4 aliphatic rings. The van der Waals surface area contributed by atoms with Gasteiger partial charge in [0.1, 0.15) is 5.82 Å². The molecule has 0 aromatic heterocycles. The second-order valence-electron chi connectivity index (χ2n) is 8.35. The highest BCUT2D eigenvalue weighted by atomic mass is 19.1. The Hall–Kier alpha value is -3.27. The van der Waals surface area contributed by atoms with Crippen LogP contribution in [0.3, 0.4) is 0 Å². The van der Waals surface area contributed by atoms with Gasteiger partial charge in [0, 0.05) is 11.3 Å². The molecule has 2 amide bonds. The monoisotopic (exact) mass is 383 g/mol. The molecule has 2 unspecified atom stereocenters. The third-order valence-corrected chi connectivity index (χ3v) is 7.11. The van der Waals surface area contributed by atoms with Gasteiger partial charge in [0.15, 0.2) is 0 Å². The van der Waals surface area contributed by atoms with E-state index in [0.29, 0.717) is 5.69 Å². The first-order chi connectivity index (χ1) is 14.0. The van der Waals surface area contributed by atoms with Crippen molar-refractivity contribution in [1.82, 2.24) is 0 Å². The van der Waals surface area contributed by atoms with Gasteiger partial charge in [0.2, 0.25) is 11.8 Å². The van der Waals surface area contributed by atoms with Crippen LogP contribution in [0.2, 0.25) is 0 Å². The molecule has 2 atom stereocenters. The lowest BCUT2D eigenvalue weighted by Crippen LogP contribution is -2.51. The van der Waals surface area contributed by atoms with Crippen LogP contribution in [0.25, 0.3) is 0 Å². The molecule has 0 N–H and O–H groups in total. The Kier molecular flexibility index (Phi) is 3.11. The molecular weight excluding hydrogens is 365 g/mol. The van der Waals surface area contributed by atoms with Gasteiger partial charge in [-0.1, -0.05) is 61.5 Å². The van der Waals surface area contributed by atoms with Crippen molar-refractivity contribution in [2.45, 2.75) is 18.3 Å². The predicted molar refractivity (Wildman–Crippen MR) is 107 cm³/mol. The van der Waals surface area contributed by atoms with Gasteiger partial charge in [-0.2, -0.15) is 0 Å². The van der Waals surface area contributed by atoms with E-state index in [1.807, 2.05) is 24.3 Å². The van der Waals surface area contributed by atoms with Crippen molar-refractivity contribution < 1.29 is 14.0 Å². The van der Waals surface area contributed by atoms with E-state index in [1.54, 1.807) is 6.07 Å². The SMILES string of the molecule is CC12c3ccccc3C(c3ccccc31)C1C(=O)N(c3cccc(F)c3)C(=O)C12. The zero-order valence-corrected chi connectivity index (χ0v) is 15.8. The molecule has 1 fully saturated rings. The van der Waals surface area contributed by atoms with Crippen LogP contribution in [-0.2, 0) is 15.0 Å². The maximum absolute atomic E-state index is 13.9. The minimum absolute atomic E-state index is 0.163. The predicted octanol–water partition coefficient (Wildman–Crippen LogP) is 4.40. The summed E-state index contributed by atoms with van der Waals surface area (Å²) in [5, 5.41) is 0. The van der Waals surface area contributed by atoms with Crippen LogP contribution in [0, 0.1) is 17.7 Å². The molecule has 2 bridgehead atoms. The highest BCUT2D eigenvalue weighted by Gasteiger charge is 2.66. The highest BCUT2D eigenvalue weighted by molar-refractivity contribution is 6.23. The van der Waals surface area contributed by atoms with Gasteiger partial charge in [-0.25, -0.2) is 9.29 Å². The number of hydrogen-bond donors (Lipinski definition) is 0. The van der Waals surface area contributed by atoms with Crippen molar-refractivity contribution in [3.05, 3.63) is 101 Å². The zero-order valence-electron chi connectivity index (χ0n) is 15.8. The number of amides is 2.